The highest BCUT2D eigenvalue weighted by Crippen LogP contribution is 2.08. The van der Waals surface area contributed by atoms with Gasteiger partial charge in [0.25, 0.3) is 0 Å². The Labute approximate surface area is 76.4 Å². The summed E-state index contributed by atoms with van der Waals surface area (Å²) in [5.74, 6) is 5.40. The van der Waals surface area contributed by atoms with Gasteiger partial charge in [-0.15, -0.1) is 0 Å². The number of amidine groups is 1. The highest BCUT2D eigenvalue weighted by molar-refractivity contribution is 5.98. The summed E-state index contributed by atoms with van der Waals surface area (Å²) in [6.45, 7) is 1.82. The molecule has 1 aromatic rings. The van der Waals surface area contributed by atoms with Crippen molar-refractivity contribution < 1.29 is 4.39 Å². The molecular formula is C9H12FN3. The summed E-state index contributed by atoms with van der Waals surface area (Å²) in [7, 11) is 1.59. The predicted molar refractivity (Wildman–Crippen MR) is 50.9 cm³/mol. The van der Waals surface area contributed by atoms with E-state index >= 15 is 0 Å². The van der Waals surface area contributed by atoms with Gasteiger partial charge in [0.1, 0.15) is 11.7 Å². The summed E-state index contributed by atoms with van der Waals surface area (Å²) in [5, 5.41) is 0. The largest absolute Gasteiger partial charge is 0.308 e. The molecule has 0 bridgehead atoms. The Morgan fingerprint density at radius 3 is 2.62 bits per heavy atom. The fourth-order valence-electron chi connectivity index (χ4n) is 1.15. The van der Waals surface area contributed by atoms with Crippen molar-refractivity contribution in [1.82, 2.24) is 5.43 Å². The molecule has 0 spiro atoms. The summed E-state index contributed by atoms with van der Waals surface area (Å²) in [6.07, 6.45) is 0. The zero-order chi connectivity index (χ0) is 9.84. The van der Waals surface area contributed by atoms with Crippen molar-refractivity contribution >= 4 is 5.84 Å². The minimum absolute atomic E-state index is 0.286. The first kappa shape index (κ1) is 9.67. The Balaban J connectivity index is 3.14. The molecule has 0 heterocycles. The average molecular weight is 181 g/mol. The highest BCUT2D eigenvalue weighted by Gasteiger charge is 2.02. The number of hydrazine groups is 1. The zero-order valence-corrected chi connectivity index (χ0v) is 7.63. The summed E-state index contributed by atoms with van der Waals surface area (Å²) in [6, 6.07) is 4.65. The van der Waals surface area contributed by atoms with Gasteiger partial charge in [0.15, 0.2) is 0 Å². The first-order valence-corrected chi connectivity index (χ1v) is 3.88. The van der Waals surface area contributed by atoms with Crippen molar-refractivity contribution in [3.05, 3.63) is 35.1 Å². The minimum atomic E-state index is -0.286. The molecule has 0 aromatic heterocycles. The van der Waals surface area contributed by atoms with Crippen molar-refractivity contribution in [3.63, 3.8) is 0 Å². The second kappa shape index (κ2) is 4.00. The van der Waals surface area contributed by atoms with E-state index in [1.54, 1.807) is 7.05 Å². The molecule has 0 aliphatic rings. The Bertz CT molecular complexity index is 313. The van der Waals surface area contributed by atoms with E-state index in [2.05, 4.69) is 10.4 Å². The maximum atomic E-state index is 12.9. The standard InChI is InChI=1S/C9H12FN3/c1-6-3-7(5-8(10)4-6)9(12-2)13-11/h3-5H,11H2,1-2H3,(H,12,13). The summed E-state index contributed by atoms with van der Waals surface area (Å²) in [4.78, 5) is 3.87. The van der Waals surface area contributed by atoms with Crippen LogP contribution in [-0.2, 0) is 0 Å². The van der Waals surface area contributed by atoms with Crippen LogP contribution in [0.2, 0.25) is 0 Å². The first-order chi connectivity index (χ1) is 6.17. The molecule has 0 saturated carbocycles. The third-order valence-electron chi connectivity index (χ3n) is 1.68. The molecule has 0 radical (unpaired) electrons. The van der Waals surface area contributed by atoms with Crippen molar-refractivity contribution in [2.24, 2.45) is 10.8 Å². The van der Waals surface area contributed by atoms with Gasteiger partial charge < -0.3 is 5.43 Å². The van der Waals surface area contributed by atoms with Gasteiger partial charge in [-0.25, -0.2) is 10.2 Å². The monoisotopic (exact) mass is 181 g/mol. The zero-order valence-electron chi connectivity index (χ0n) is 7.63. The second-order valence-corrected chi connectivity index (χ2v) is 2.73. The fourth-order valence-corrected chi connectivity index (χ4v) is 1.15. The number of nitrogens with zero attached hydrogens (tertiary/aromatic N) is 1. The molecule has 1 aromatic carbocycles. The lowest BCUT2D eigenvalue weighted by atomic mass is 10.1. The number of halogens is 1. The van der Waals surface area contributed by atoms with Gasteiger partial charge in [0.2, 0.25) is 0 Å². The number of hydrogen-bond acceptors (Lipinski definition) is 2. The Morgan fingerprint density at radius 2 is 2.15 bits per heavy atom. The predicted octanol–water partition coefficient (Wildman–Crippen LogP) is 0.974. The quantitative estimate of drug-likeness (QED) is 0.293. The van der Waals surface area contributed by atoms with Crippen molar-refractivity contribution in [3.8, 4) is 0 Å². The molecule has 13 heavy (non-hydrogen) atoms. The Kier molecular flexibility index (Phi) is 2.97. The van der Waals surface area contributed by atoms with Crippen LogP contribution in [0.4, 0.5) is 4.39 Å². The number of hydrogen-bond donors (Lipinski definition) is 2. The van der Waals surface area contributed by atoms with Gasteiger partial charge in [-0.05, 0) is 30.7 Å². The van der Waals surface area contributed by atoms with E-state index in [0.717, 1.165) is 5.56 Å². The van der Waals surface area contributed by atoms with E-state index in [9.17, 15) is 4.39 Å². The van der Waals surface area contributed by atoms with Gasteiger partial charge in [0, 0.05) is 12.6 Å². The van der Waals surface area contributed by atoms with Gasteiger partial charge in [0.05, 0.1) is 0 Å². The first-order valence-electron chi connectivity index (χ1n) is 3.88. The SMILES string of the molecule is CN=C(NN)c1cc(C)cc(F)c1. The molecule has 0 saturated heterocycles. The molecular weight excluding hydrogens is 169 g/mol. The van der Waals surface area contributed by atoms with E-state index in [1.807, 2.05) is 13.0 Å². The van der Waals surface area contributed by atoms with E-state index in [0.29, 0.717) is 11.4 Å². The van der Waals surface area contributed by atoms with Crippen LogP contribution >= 0.6 is 0 Å². The number of rotatable bonds is 1. The lowest BCUT2D eigenvalue weighted by Gasteiger charge is -2.05. The number of aliphatic imine (C=N–C) groups is 1. The fraction of sp³-hybridized carbons (Fsp3) is 0.222. The molecule has 4 heteroatoms. The van der Waals surface area contributed by atoms with Crippen molar-refractivity contribution in [2.75, 3.05) is 7.05 Å². The summed E-state index contributed by atoms with van der Waals surface area (Å²) in [5.41, 5.74) is 3.90. The van der Waals surface area contributed by atoms with Crippen LogP contribution < -0.4 is 11.3 Å². The Morgan fingerprint density at radius 1 is 1.46 bits per heavy atom. The van der Waals surface area contributed by atoms with E-state index in [1.165, 1.54) is 12.1 Å². The molecule has 0 amide bonds. The van der Waals surface area contributed by atoms with Gasteiger partial charge in [-0.2, -0.15) is 0 Å². The average Bonchev–Trinajstić information content (AvgIpc) is 2.04. The van der Waals surface area contributed by atoms with E-state index < -0.39 is 0 Å². The summed E-state index contributed by atoms with van der Waals surface area (Å²) >= 11 is 0. The van der Waals surface area contributed by atoms with Crippen molar-refractivity contribution in [1.29, 1.82) is 0 Å². The second-order valence-electron chi connectivity index (χ2n) is 2.73. The third kappa shape index (κ3) is 2.26. The highest BCUT2D eigenvalue weighted by atomic mass is 19.1. The lowest BCUT2D eigenvalue weighted by Crippen LogP contribution is -2.31. The maximum absolute atomic E-state index is 12.9. The van der Waals surface area contributed by atoms with Crippen LogP contribution in [-0.4, -0.2) is 12.9 Å². The molecule has 0 aliphatic heterocycles. The molecule has 0 aliphatic carbocycles. The van der Waals surface area contributed by atoms with Crippen molar-refractivity contribution in [2.45, 2.75) is 6.92 Å². The summed E-state index contributed by atoms with van der Waals surface area (Å²) < 4.78 is 12.9. The maximum Gasteiger partial charge on any atom is 0.142 e. The van der Waals surface area contributed by atoms with Crippen LogP contribution in [0.25, 0.3) is 0 Å². The van der Waals surface area contributed by atoms with Crippen LogP contribution in [0, 0.1) is 12.7 Å². The topological polar surface area (TPSA) is 50.4 Å². The van der Waals surface area contributed by atoms with Gasteiger partial charge in [-0.3, -0.25) is 4.99 Å². The smallest absolute Gasteiger partial charge is 0.142 e. The molecule has 3 N–H and O–H groups in total. The molecule has 0 atom stereocenters. The normalized spacial score (nSPS) is 11.5. The molecule has 0 unspecified atom stereocenters. The van der Waals surface area contributed by atoms with Crippen LogP contribution in [0.5, 0.6) is 0 Å². The Hall–Kier alpha value is -1.42. The third-order valence-corrected chi connectivity index (χ3v) is 1.68. The number of aryl methyl sites for hydroxylation is 1. The number of nitrogens with one attached hydrogen (secondary N) is 1. The number of benzene rings is 1. The lowest BCUT2D eigenvalue weighted by molar-refractivity contribution is 0.626. The molecule has 0 fully saturated rings. The molecule has 70 valence electrons. The van der Waals surface area contributed by atoms with Crippen LogP contribution in [0.3, 0.4) is 0 Å². The minimum Gasteiger partial charge on any atom is -0.308 e. The van der Waals surface area contributed by atoms with Crippen LogP contribution in [0.15, 0.2) is 23.2 Å². The molecule has 3 nitrogen and oxygen atoms in total. The van der Waals surface area contributed by atoms with Gasteiger partial charge >= 0.3 is 0 Å². The number of nitrogens with two attached hydrogens (primary N) is 1. The molecule has 1 rings (SSSR count). The van der Waals surface area contributed by atoms with Gasteiger partial charge in [-0.1, -0.05) is 0 Å². The van der Waals surface area contributed by atoms with E-state index in [-0.39, 0.29) is 5.82 Å². The van der Waals surface area contributed by atoms with Crippen LogP contribution in [0.1, 0.15) is 11.1 Å². The van der Waals surface area contributed by atoms with E-state index in [4.69, 9.17) is 5.84 Å².